The predicted octanol–water partition coefficient (Wildman–Crippen LogP) is 6.09. The summed E-state index contributed by atoms with van der Waals surface area (Å²) in [6.07, 6.45) is 3.76. The smallest absolute Gasteiger partial charge is 0.262 e. The number of halogens is 2. The van der Waals surface area contributed by atoms with Crippen LogP contribution >= 0.6 is 11.6 Å². The number of carbonyl (C=O) groups excluding carboxylic acids is 2. The van der Waals surface area contributed by atoms with Crippen molar-refractivity contribution in [1.29, 1.82) is 0 Å². The minimum Gasteiger partial charge on any atom is -0.490 e. The normalized spacial score (nSPS) is 11.8. The van der Waals surface area contributed by atoms with E-state index >= 15 is 0 Å². The minimum absolute atomic E-state index is 0.224. The highest BCUT2D eigenvalue weighted by molar-refractivity contribution is 6.31. The van der Waals surface area contributed by atoms with E-state index in [4.69, 9.17) is 21.1 Å². The number of hydrogen-bond acceptors (Lipinski definition) is 5. The zero-order valence-electron chi connectivity index (χ0n) is 22.7. The number of ether oxygens (including phenoxy) is 2. The molecule has 2 N–H and O–H groups in total. The molecule has 2 amide bonds. The number of carbonyl (C=O) groups is 2. The highest BCUT2D eigenvalue weighted by Gasteiger charge is 2.24. The average molecular weight is 566 g/mol. The van der Waals surface area contributed by atoms with Crippen molar-refractivity contribution in [3.63, 3.8) is 0 Å². The van der Waals surface area contributed by atoms with Gasteiger partial charge in [0.2, 0.25) is 0 Å². The number of amides is 2. The fourth-order valence-corrected chi connectivity index (χ4v) is 4.05. The molecule has 40 heavy (non-hydrogen) atoms. The lowest BCUT2D eigenvalue weighted by molar-refractivity contribution is -0.123. The van der Waals surface area contributed by atoms with Crippen molar-refractivity contribution >= 4 is 29.6 Å². The van der Waals surface area contributed by atoms with E-state index < -0.39 is 23.7 Å². The molecule has 1 atom stereocenters. The van der Waals surface area contributed by atoms with Crippen LogP contribution in [0.2, 0.25) is 5.02 Å². The van der Waals surface area contributed by atoms with Crippen molar-refractivity contribution in [2.24, 2.45) is 11.0 Å². The third-order valence-electron chi connectivity index (χ3n) is 5.88. The molecule has 1 unspecified atom stereocenters. The van der Waals surface area contributed by atoms with Crippen molar-refractivity contribution in [3.8, 4) is 11.5 Å². The quantitative estimate of drug-likeness (QED) is 0.149. The Morgan fingerprint density at radius 2 is 1.80 bits per heavy atom. The van der Waals surface area contributed by atoms with Crippen LogP contribution in [0.15, 0.2) is 78.4 Å². The fourth-order valence-electron chi connectivity index (χ4n) is 3.86. The van der Waals surface area contributed by atoms with E-state index in [-0.39, 0.29) is 18.1 Å². The minimum atomic E-state index is -0.856. The molecule has 0 fully saturated rings. The average Bonchev–Trinajstić information content (AvgIpc) is 2.92. The monoisotopic (exact) mass is 565 g/mol. The zero-order chi connectivity index (χ0) is 29.1. The second kappa shape index (κ2) is 14.8. The van der Waals surface area contributed by atoms with Crippen molar-refractivity contribution < 1.29 is 23.5 Å². The molecule has 0 bridgehead atoms. The maximum Gasteiger partial charge on any atom is 0.262 e. The molecule has 3 rings (SSSR count). The van der Waals surface area contributed by atoms with Gasteiger partial charge in [-0.3, -0.25) is 9.59 Å². The highest BCUT2D eigenvalue weighted by Crippen LogP contribution is 2.34. The molecule has 0 spiro atoms. The van der Waals surface area contributed by atoms with Gasteiger partial charge >= 0.3 is 0 Å². The number of hydrazone groups is 1. The Labute approximate surface area is 239 Å². The van der Waals surface area contributed by atoms with Gasteiger partial charge in [0.25, 0.3) is 11.8 Å². The first kappa shape index (κ1) is 30.4. The Bertz CT molecular complexity index is 1360. The summed E-state index contributed by atoms with van der Waals surface area (Å²) in [5.74, 6) is -0.552. The molecule has 210 valence electrons. The number of nitrogens with zero attached hydrogens (tertiary/aromatic N) is 1. The van der Waals surface area contributed by atoms with Crippen molar-refractivity contribution in [1.82, 2.24) is 10.7 Å². The van der Waals surface area contributed by atoms with Gasteiger partial charge in [-0.25, -0.2) is 9.82 Å². The van der Waals surface area contributed by atoms with Crippen LogP contribution in [0.1, 0.15) is 47.8 Å². The predicted molar refractivity (Wildman–Crippen MR) is 156 cm³/mol. The number of nitrogens with one attached hydrogen (secondary N) is 2. The van der Waals surface area contributed by atoms with Gasteiger partial charge in [-0.2, -0.15) is 5.10 Å². The summed E-state index contributed by atoms with van der Waals surface area (Å²) in [5.41, 5.74) is 5.08. The molecule has 0 radical (unpaired) electrons. The number of hydrogen-bond donors (Lipinski definition) is 2. The van der Waals surface area contributed by atoms with E-state index in [1.165, 1.54) is 30.5 Å². The van der Waals surface area contributed by atoms with Crippen LogP contribution in [0, 0.1) is 11.7 Å². The molecule has 7 nitrogen and oxygen atoms in total. The molecule has 0 aliphatic rings. The van der Waals surface area contributed by atoms with Gasteiger partial charge in [-0.15, -0.1) is 6.58 Å². The first-order chi connectivity index (χ1) is 19.2. The second-order valence-corrected chi connectivity index (χ2v) is 9.66. The molecule has 3 aromatic rings. The molecular weight excluding hydrogens is 533 g/mol. The lowest BCUT2D eigenvalue weighted by Crippen LogP contribution is -2.48. The summed E-state index contributed by atoms with van der Waals surface area (Å²) in [6.45, 7) is 9.99. The number of rotatable bonds is 13. The van der Waals surface area contributed by atoms with Gasteiger partial charge in [0.1, 0.15) is 18.5 Å². The van der Waals surface area contributed by atoms with Crippen LogP contribution in [0.4, 0.5) is 4.39 Å². The largest absolute Gasteiger partial charge is 0.490 e. The van der Waals surface area contributed by atoms with Gasteiger partial charge in [0.15, 0.2) is 11.5 Å². The van der Waals surface area contributed by atoms with Crippen molar-refractivity contribution in [2.45, 2.75) is 39.8 Å². The maximum atomic E-state index is 13.2. The van der Waals surface area contributed by atoms with E-state index in [0.717, 1.165) is 11.1 Å². The van der Waals surface area contributed by atoms with E-state index in [1.807, 2.05) is 31.2 Å². The van der Waals surface area contributed by atoms with Gasteiger partial charge in [-0.1, -0.05) is 49.7 Å². The molecule has 0 aromatic heterocycles. The number of benzene rings is 3. The molecule has 9 heteroatoms. The molecule has 0 heterocycles. The van der Waals surface area contributed by atoms with Gasteiger partial charge in [0.05, 0.1) is 12.8 Å². The Kier molecular flexibility index (Phi) is 11.3. The molecule has 3 aromatic carbocycles. The summed E-state index contributed by atoms with van der Waals surface area (Å²) >= 11 is 6.29. The zero-order valence-corrected chi connectivity index (χ0v) is 23.5. The molecule has 0 aliphatic heterocycles. The first-order valence-corrected chi connectivity index (χ1v) is 13.3. The van der Waals surface area contributed by atoms with E-state index in [0.29, 0.717) is 35.1 Å². The number of allylic oxidation sites excluding steroid dienone is 1. The van der Waals surface area contributed by atoms with Crippen molar-refractivity contribution in [3.05, 3.63) is 106 Å². The lowest BCUT2D eigenvalue weighted by Gasteiger charge is -2.20. The second-order valence-electron chi connectivity index (χ2n) is 9.25. The van der Waals surface area contributed by atoms with Gasteiger partial charge < -0.3 is 14.8 Å². The van der Waals surface area contributed by atoms with Crippen LogP contribution in [0.5, 0.6) is 11.5 Å². The summed E-state index contributed by atoms with van der Waals surface area (Å²) in [7, 11) is 0. The van der Waals surface area contributed by atoms with E-state index in [1.54, 1.807) is 32.1 Å². The van der Waals surface area contributed by atoms with Crippen LogP contribution in [-0.4, -0.2) is 30.7 Å². The third-order valence-corrected chi connectivity index (χ3v) is 6.25. The Balaban J connectivity index is 1.76. The van der Waals surface area contributed by atoms with E-state index in [2.05, 4.69) is 22.4 Å². The van der Waals surface area contributed by atoms with Crippen LogP contribution in [0.3, 0.4) is 0 Å². The van der Waals surface area contributed by atoms with Gasteiger partial charge in [0, 0.05) is 21.7 Å². The van der Waals surface area contributed by atoms with Crippen LogP contribution in [0.25, 0.3) is 0 Å². The Morgan fingerprint density at radius 1 is 1.07 bits per heavy atom. The topological polar surface area (TPSA) is 89.0 Å². The van der Waals surface area contributed by atoms with Crippen LogP contribution < -0.4 is 20.2 Å². The highest BCUT2D eigenvalue weighted by atomic mass is 35.5. The molecule has 0 aliphatic carbocycles. The molecule has 0 saturated carbocycles. The summed E-state index contributed by atoms with van der Waals surface area (Å²) in [6, 6.07) is 15.3. The van der Waals surface area contributed by atoms with Crippen LogP contribution in [-0.2, 0) is 17.8 Å². The van der Waals surface area contributed by atoms with E-state index in [9.17, 15) is 14.0 Å². The summed E-state index contributed by atoms with van der Waals surface area (Å²) < 4.78 is 25.2. The summed E-state index contributed by atoms with van der Waals surface area (Å²) in [4.78, 5) is 25.4. The Hall–Kier alpha value is -4.17. The van der Waals surface area contributed by atoms with Gasteiger partial charge in [-0.05, 0) is 67.3 Å². The maximum absolute atomic E-state index is 13.2. The Morgan fingerprint density at radius 3 is 2.45 bits per heavy atom. The SMILES string of the molecule is C=CCc1cc(C=NNC(=O)C(NC(=O)c2ccc(F)cc2)C(C)C)cc(OCC)c1OCc1ccccc1Cl. The molecular formula is C31H33ClFN3O4. The third kappa shape index (κ3) is 8.41. The molecule has 0 saturated heterocycles. The first-order valence-electron chi connectivity index (χ1n) is 12.9. The standard InChI is InChI=1S/C31H33ClFN3O4/c1-5-9-23-16-21(17-27(39-6-2)29(23)40-19-24-10-7-8-11-26(24)32)18-34-36-31(38)28(20(3)4)35-30(37)22-12-14-25(33)15-13-22/h5,7-8,10-18,20,28H,1,6,9,19H2,2-4H3,(H,35,37)(H,36,38). The van der Waals surface area contributed by atoms with Crippen molar-refractivity contribution in [2.75, 3.05) is 6.61 Å². The fraction of sp³-hybridized carbons (Fsp3) is 0.258. The lowest BCUT2D eigenvalue weighted by atomic mass is 10.0. The summed E-state index contributed by atoms with van der Waals surface area (Å²) in [5, 5.41) is 7.41.